The Balaban J connectivity index is 1.91. The first-order valence-electron chi connectivity index (χ1n) is 6.35. The Morgan fingerprint density at radius 2 is 2.17 bits per heavy atom. The molecular weight excluding hydrogens is 248 g/mol. The van der Waals surface area contributed by atoms with Gasteiger partial charge in [0, 0.05) is 12.6 Å². The van der Waals surface area contributed by atoms with Crippen LogP contribution in [0.1, 0.15) is 23.8 Å². The van der Waals surface area contributed by atoms with Crippen molar-refractivity contribution in [3.05, 3.63) is 35.9 Å². The lowest BCUT2D eigenvalue weighted by atomic mass is 10.1. The van der Waals surface area contributed by atoms with Crippen molar-refractivity contribution in [2.45, 2.75) is 24.3 Å². The van der Waals surface area contributed by atoms with Crippen molar-refractivity contribution in [1.82, 2.24) is 10.2 Å². The van der Waals surface area contributed by atoms with Crippen LogP contribution in [0.2, 0.25) is 0 Å². The molecule has 1 N–H and O–H groups in total. The van der Waals surface area contributed by atoms with Crippen molar-refractivity contribution in [1.29, 1.82) is 0 Å². The van der Waals surface area contributed by atoms with Crippen molar-refractivity contribution in [3.8, 4) is 0 Å². The van der Waals surface area contributed by atoms with Gasteiger partial charge in [0.05, 0.1) is 0 Å². The highest BCUT2D eigenvalue weighted by atomic mass is 35.5. The highest BCUT2D eigenvalue weighted by Gasteiger charge is 2.23. The fourth-order valence-corrected chi connectivity index (χ4v) is 2.54. The maximum Gasteiger partial charge on any atom is 0.242 e. The normalized spacial score (nSPS) is 22.4. The summed E-state index contributed by atoms with van der Waals surface area (Å²) in [4.78, 5) is 14.3. The van der Waals surface area contributed by atoms with Gasteiger partial charge < -0.3 is 10.2 Å². The Morgan fingerprint density at radius 1 is 1.44 bits per heavy atom. The molecule has 1 aliphatic rings. The average Bonchev–Trinajstić information content (AvgIpc) is 2.39. The first-order chi connectivity index (χ1) is 8.66. The third-order valence-corrected chi connectivity index (χ3v) is 3.74. The largest absolute Gasteiger partial charge is 0.351 e. The van der Waals surface area contributed by atoms with Crippen LogP contribution in [0, 0.1) is 0 Å². The number of likely N-dealkylation sites (tertiary alicyclic amines) is 1. The van der Waals surface area contributed by atoms with Crippen molar-refractivity contribution in [2.24, 2.45) is 0 Å². The molecule has 0 saturated carbocycles. The van der Waals surface area contributed by atoms with E-state index in [4.69, 9.17) is 11.6 Å². The lowest BCUT2D eigenvalue weighted by molar-refractivity contribution is -0.121. The molecule has 0 bridgehead atoms. The number of benzene rings is 1. The van der Waals surface area contributed by atoms with Crippen LogP contribution in [0.3, 0.4) is 0 Å². The summed E-state index contributed by atoms with van der Waals surface area (Å²) in [6.07, 6.45) is 2.16. The molecule has 1 fully saturated rings. The predicted octanol–water partition coefficient (Wildman–Crippen LogP) is 2.18. The second-order valence-electron chi connectivity index (χ2n) is 4.88. The van der Waals surface area contributed by atoms with Crippen LogP contribution in [0.15, 0.2) is 30.3 Å². The quantitative estimate of drug-likeness (QED) is 0.851. The molecule has 1 aromatic carbocycles. The Labute approximate surface area is 113 Å². The van der Waals surface area contributed by atoms with Gasteiger partial charge >= 0.3 is 0 Å². The van der Waals surface area contributed by atoms with Crippen LogP contribution in [0.4, 0.5) is 0 Å². The van der Waals surface area contributed by atoms with E-state index in [2.05, 4.69) is 17.3 Å². The Hall–Kier alpha value is -1.06. The number of likely N-dealkylation sites (N-methyl/N-ethyl adjacent to an activating group) is 1. The second-order valence-corrected chi connectivity index (χ2v) is 5.32. The number of halogens is 1. The zero-order valence-electron chi connectivity index (χ0n) is 10.6. The number of amides is 1. The summed E-state index contributed by atoms with van der Waals surface area (Å²) >= 11 is 6.19. The van der Waals surface area contributed by atoms with Gasteiger partial charge in [0.2, 0.25) is 5.91 Å². The lowest BCUT2D eigenvalue weighted by Crippen LogP contribution is -2.47. The maximum atomic E-state index is 12.1. The Morgan fingerprint density at radius 3 is 2.83 bits per heavy atom. The van der Waals surface area contributed by atoms with Gasteiger partial charge in [-0.25, -0.2) is 0 Å². The van der Waals surface area contributed by atoms with E-state index in [1.807, 2.05) is 30.3 Å². The molecule has 1 amide bonds. The van der Waals surface area contributed by atoms with E-state index in [0.717, 1.165) is 31.5 Å². The first-order valence-corrected chi connectivity index (χ1v) is 6.78. The minimum absolute atomic E-state index is 0.0943. The van der Waals surface area contributed by atoms with E-state index in [1.165, 1.54) is 0 Å². The number of carbonyl (C=O) groups is 1. The second kappa shape index (κ2) is 6.21. The van der Waals surface area contributed by atoms with Crippen molar-refractivity contribution in [3.63, 3.8) is 0 Å². The fourth-order valence-electron chi connectivity index (χ4n) is 2.33. The van der Waals surface area contributed by atoms with Crippen molar-refractivity contribution < 1.29 is 4.79 Å². The average molecular weight is 267 g/mol. The van der Waals surface area contributed by atoms with E-state index >= 15 is 0 Å². The summed E-state index contributed by atoms with van der Waals surface area (Å²) in [5, 5.41) is 2.44. The predicted molar refractivity (Wildman–Crippen MR) is 73.7 cm³/mol. The van der Waals surface area contributed by atoms with Crippen LogP contribution in [0.5, 0.6) is 0 Å². The molecule has 1 aromatic rings. The van der Waals surface area contributed by atoms with Gasteiger partial charge in [-0.3, -0.25) is 4.79 Å². The number of nitrogens with one attached hydrogen (secondary N) is 1. The van der Waals surface area contributed by atoms with Crippen LogP contribution in [-0.2, 0) is 4.79 Å². The molecule has 18 heavy (non-hydrogen) atoms. The Kier molecular flexibility index (Phi) is 4.61. The molecule has 1 aliphatic heterocycles. The fraction of sp³-hybridized carbons (Fsp3) is 0.500. The number of nitrogens with zero attached hydrogens (tertiary/aromatic N) is 1. The van der Waals surface area contributed by atoms with E-state index in [-0.39, 0.29) is 11.9 Å². The van der Waals surface area contributed by atoms with Crippen LogP contribution >= 0.6 is 11.6 Å². The summed E-state index contributed by atoms with van der Waals surface area (Å²) in [6, 6.07) is 9.69. The summed E-state index contributed by atoms with van der Waals surface area (Å²) < 4.78 is 0. The van der Waals surface area contributed by atoms with Gasteiger partial charge in [0.1, 0.15) is 5.38 Å². The van der Waals surface area contributed by atoms with Gasteiger partial charge in [-0.2, -0.15) is 0 Å². The number of hydrogen-bond acceptors (Lipinski definition) is 2. The van der Waals surface area contributed by atoms with E-state index in [9.17, 15) is 4.79 Å². The number of hydrogen-bond donors (Lipinski definition) is 1. The number of alkyl halides is 1. The van der Waals surface area contributed by atoms with Gasteiger partial charge in [0.25, 0.3) is 0 Å². The zero-order chi connectivity index (χ0) is 13.0. The van der Waals surface area contributed by atoms with Gasteiger partial charge in [-0.1, -0.05) is 30.3 Å². The molecule has 1 saturated heterocycles. The van der Waals surface area contributed by atoms with Gasteiger partial charge in [0.15, 0.2) is 0 Å². The van der Waals surface area contributed by atoms with Crippen LogP contribution in [-0.4, -0.2) is 37.0 Å². The summed E-state index contributed by atoms with van der Waals surface area (Å²) in [6.45, 7) is 2.01. The molecular formula is C14H19ClN2O. The molecule has 98 valence electrons. The highest BCUT2D eigenvalue weighted by Crippen LogP contribution is 2.20. The summed E-state index contributed by atoms with van der Waals surface area (Å²) in [5.74, 6) is -0.0943. The molecule has 0 radical (unpaired) electrons. The molecule has 0 spiro atoms. The molecule has 0 aliphatic carbocycles. The third kappa shape index (κ3) is 3.47. The van der Waals surface area contributed by atoms with Crippen molar-refractivity contribution >= 4 is 17.5 Å². The van der Waals surface area contributed by atoms with Gasteiger partial charge in [-0.15, -0.1) is 11.6 Å². The van der Waals surface area contributed by atoms with E-state index < -0.39 is 5.38 Å². The molecule has 0 aromatic heterocycles. The van der Waals surface area contributed by atoms with Gasteiger partial charge in [-0.05, 0) is 32.0 Å². The smallest absolute Gasteiger partial charge is 0.242 e. The lowest BCUT2D eigenvalue weighted by Gasteiger charge is -2.30. The number of piperidine rings is 1. The third-order valence-electron chi connectivity index (χ3n) is 3.29. The van der Waals surface area contributed by atoms with Crippen molar-refractivity contribution in [2.75, 3.05) is 20.1 Å². The molecule has 4 heteroatoms. The SMILES string of the molecule is CN1CCCC(NC(=O)C(Cl)c2ccccc2)C1. The topological polar surface area (TPSA) is 32.3 Å². The first kappa shape index (κ1) is 13.4. The van der Waals surface area contributed by atoms with Crippen LogP contribution < -0.4 is 5.32 Å². The molecule has 2 atom stereocenters. The number of rotatable bonds is 3. The summed E-state index contributed by atoms with van der Waals surface area (Å²) in [5.41, 5.74) is 0.848. The zero-order valence-corrected chi connectivity index (χ0v) is 11.4. The van der Waals surface area contributed by atoms with Crippen LogP contribution in [0.25, 0.3) is 0 Å². The molecule has 1 heterocycles. The molecule has 3 nitrogen and oxygen atoms in total. The minimum Gasteiger partial charge on any atom is -0.351 e. The Bertz CT molecular complexity index is 396. The molecule has 2 unspecified atom stereocenters. The van der Waals surface area contributed by atoms with E-state index in [0.29, 0.717) is 0 Å². The standard InChI is InChI=1S/C14H19ClN2O/c1-17-9-5-8-12(10-17)16-14(18)13(15)11-6-3-2-4-7-11/h2-4,6-7,12-13H,5,8-10H2,1H3,(H,16,18). The minimum atomic E-state index is -0.599. The monoisotopic (exact) mass is 266 g/mol. The molecule has 2 rings (SSSR count). The summed E-state index contributed by atoms with van der Waals surface area (Å²) in [7, 11) is 2.08. The maximum absolute atomic E-state index is 12.1. The number of carbonyl (C=O) groups excluding carboxylic acids is 1. The van der Waals surface area contributed by atoms with E-state index in [1.54, 1.807) is 0 Å². The highest BCUT2D eigenvalue weighted by molar-refractivity contribution is 6.30.